The van der Waals surface area contributed by atoms with Gasteiger partial charge in [0.25, 0.3) is 10.0 Å². The molecule has 32 heavy (non-hydrogen) atoms. The highest BCUT2D eigenvalue weighted by Gasteiger charge is 2.17. The molecule has 2 N–H and O–H groups in total. The van der Waals surface area contributed by atoms with Crippen LogP contribution in [0.3, 0.4) is 0 Å². The van der Waals surface area contributed by atoms with Gasteiger partial charge in [0.2, 0.25) is 11.8 Å². The molecule has 0 aliphatic rings. The van der Waals surface area contributed by atoms with Gasteiger partial charge in [-0.15, -0.1) is 0 Å². The Bertz CT molecular complexity index is 1170. The van der Waals surface area contributed by atoms with E-state index in [9.17, 15) is 13.2 Å². The average Bonchev–Trinajstić information content (AvgIpc) is 3.09. The average molecular weight is 481 g/mol. The number of ether oxygens (including phenoxy) is 2. The molecule has 0 radical (unpaired) electrons. The van der Waals surface area contributed by atoms with Crippen LogP contribution in [0.5, 0.6) is 11.9 Å². The number of aryl methyl sites for hydroxylation is 2. The van der Waals surface area contributed by atoms with Crippen LogP contribution >= 0.6 is 11.6 Å². The SMILES string of the molecule is COc1cc(NS(=O)(=O)c2ccc(NC(=O)CCn3cc(Cl)c(C)n3)cc2)nc(OC)n1. The molecular formula is C19H21ClN6O5S. The third-order valence-electron chi connectivity index (χ3n) is 4.22. The molecular weight excluding hydrogens is 460 g/mol. The second-order valence-corrected chi connectivity index (χ2v) is 8.63. The quantitative estimate of drug-likeness (QED) is 0.476. The molecule has 0 fully saturated rings. The first-order chi connectivity index (χ1) is 15.2. The van der Waals surface area contributed by atoms with Crippen molar-refractivity contribution in [1.29, 1.82) is 0 Å². The van der Waals surface area contributed by atoms with Crippen molar-refractivity contribution in [1.82, 2.24) is 19.7 Å². The minimum atomic E-state index is -3.94. The van der Waals surface area contributed by atoms with Crippen molar-refractivity contribution in [2.75, 3.05) is 24.3 Å². The van der Waals surface area contributed by atoms with Crippen LogP contribution in [0, 0.1) is 6.92 Å². The first-order valence-electron chi connectivity index (χ1n) is 9.29. The van der Waals surface area contributed by atoms with Gasteiger partial charge >= 0.3 is 6.01 Å². The van der Waals surface area contributed by atoms with Gasteiger partial charge in [0.05, 0.1) is 29.8 Å². The molecule has 0 bridgehead atoms. The van der Waals surface area contributed by atoms with Gasteiger partial charge in [-0.05, 0) is 31.2 Å². The van der Waals surface area contributed by atoms with E-state index >= 15 is 0 Å². The molecule has 0 atom stereocenters. The maximum atomic E-state index is 12.7. The second kappa shape index (κ2) is 9.83. The Morgan fingerprint density at radius 3 is 2.47 bits per heavy atom. The van der Waals surface area contributed by atoms with Crippen molar-refractivity contribution in [3.8, 4) is 11.9 Å². The number of nitrogens with one attached hydrogen (secondary N) is 2. The molecule has 0 aliphatic heterocycles. The number of halogens is 1. The first-order valence-corrected chi connectivity index (χ1v) is 11.2. The lowest BCUT2D eigenvalue weighted by Crippen LogP contribution is -2.16. The smallest absolute Gasteiger partial charge is 0.321 e. The second-order valence-electron chi connectivity index (χ2n) is 6.54. The number of carbonyl (C=O) groups is 1. The monoisotopic (exact) mass is 480 g/mol. The highest BCUT2D eigenvalue weighted by Crippen LogP contribution is 2.21. The lowest BCUT2D eigenvalue weighted by Gasteiger charge is -2.10. The summed E-state index contributed by atoms with van der Waals surface area (Å²) in [5.41, 5.74) is 1.14. The number of aromatic nitrogens is 4. The predicted octanol–water partition coefficient (Wildman–Crippen LogP) is 2.48. The summed E-state index contributed by atoms with van der Waals surface area (Å²) in [6.45, 7) is 2.14. The molecule has 3 rings (SSSR count). The number of carbonyl (C=O) groups excluding carboxylic acids is 1. The van der Waals surface area contributed by atoms with Gasteiger partial charge in [0.15, 0.2) is 5.82 Å². The zero-order chi connectivity index (χ0) is 23.3. The number of rotatable bonds is 9. The minimum absolute atomic E-state index is 0.0139. The van der Waals surface area contributed by atoms with Gasteiger partial charge in [-0.3, -0.25) is 14.2 Å². The lowest BCUT2D eigenvalue weighted by atomic mass is 10.3. The Balaban J connectivity index is 1.63. The molecule has 0 unspecified atom stereocenters. The third kappa shape index (κ3) is 5.86. The Hall–Kier alpha value is -3.38. The number of amides is 1. The minimum Gasteiger partial charge on any atom is -0.481 e. The van der Waals surface area contributed by atoms with E-state index in [0.29, 0.717) is 22.9 Å². The van der Waals surface area contributed by atoms with Gasteiger partial charge < -0.3 is 14.8 Å². The van der Waals surface area contributed by atoms with Crippen LogP contribution in [0.25, 0.3) is 0 Å². The van der Waals surface area contributed by atoms with Crippen LogP contribution in [0.1, 0.15) is 12.1 Å². The van der Waals surface area contributed by atoms with Crippen LogP contribution in [-0.2, 0) is 21.4 Å². The molecule has 3 aromatic rings. The van der Waals surface area contributed by atoms with E-state index in [1.54, 1.807) is 17.8 Å². The van der Waals surface area contributed by atoms with Gasteiger partial charge in [-0.2, -0.15) is 15.1 Å². The molecule has 2 heterocycles. The molecule has 1 amide bonds. The summed E-state index contributed by atoms with van der Waals surface area (Å²) >= 11 is 5.95. The Morgan fingerprint density at radius 2 is 1.88 bits per heavy atom. The van der Waals surface area contributed by atoms with E-state index < -0.39 is 10.0 Å². The lowest BCUT2D eigenvalue weighted by molar-refractivity contribution is -0.116. The summed E-state index contributed by atoms with van der Waals surface area (Å²) in [7, 11) is -1.21. The molecule has 2 aromatic heterocycles. The van der Waals surface area contributed by atoms with Crippen LogP contribution < -0.4 is 19.5 Å². The third-order valence-corrected chi connectivity index (χ3v) is 5.96. The van der Waals surface area contributed by atoms with Crippen LogP contribution in [0.2, 0.25) is 5.02 Å². The van der Waals surface area contributed by atoms with Crippen molar-refractivity contribution in [3.63, 3.8) is 0 Å². The normalized spacial score (nSPS) is 11.1. The molecule has 1 aromatic carbocycles. The molecule has 0 spiro atoms. The van der Waals surface area contributed by atoms with Crippen LogP contribution in [0.15, 0.2) is 41.4 Å². The maximum absolute atomic E-state index is 12.7. The number of methoxy groups -OCH3 is 2. The zero-order valence-electron chi connectivity index (χ0n) is 17.5. The summed E-state index contributed by atoms with van der Waals surface area (Å²) < 4.78 is 39.2. The molecule has 11 nitrogen and oxygen atoms in total. The number of anilines is 2. The van der Waals surface area contributed by atoms with Crippen molar-refractivity contribution >= 4 is 39.0 Å². The van der Waals surface area contributed by atoms with E-state index in [1.165, 1.54) is 44.6 Å². The topological polar surface area (TPSA) is 137 Å². The van der Waals surface area contributed by atoms with Gasteiger partial charge in [-0.1, -0.05) is 11.6 Å². The van der Waals surface area contributed by atoms with Crippen molar-refractivity contribution in [3.05, 3.63) is 47.2 Å². The van der Waals surface area contributed by atoms with Crippen LogP contribution in [0.4, 0.5) is 11.5 Å². The molecule has 13 heteroatoms. The van der Waals surface area contributed by atoms with Gasteiger partial charge in [0.1, 0.15) is 0 Å². The van der Waals surface area contributed by atoms with Crippen molar-refractivity contribution in [2.45, 2.75) is 24.8 Å². The largest absolute Gasteiger partial charge is 0.481 e. The Kier molecular flexibility index (Phi) is 7.15. The summed E-state index contributed by atoms with van der Waals surface area (Å²) in [5, 5.41) is 7.44. The fraction of sp³-hybridized carbons (Fsp3) is 0.263. The predicted molar refractivity (Wildman–Crippen MR) is 118 cm³/mol. The highest BCUT2D eigenvalue weighted by atomic mass is 35.5. The number of nitrogens with zero attached hydrogens (tertiary/aromatic N) is 4. The Morgan fingerprint density at radius 1 is 1.16 bits per heavy atom. The van der Waals surface area contributed by atoms with Crippen molar-refractivity contribution in [2.24, 2.45) is 0 Å². The van der Waals surface area contributed by atoms with E-state index in [-0.39, 0.29) is 34.9 Å². The fourth-order valence-electron chi connectivity index (χ4n) is 2.61. The fourth-order valence-corrected chi connectivity index (χ4v) is 3.76. The van der Waals surface area contributed by atoms with E-state index in [4.69, 9.17) is 21.1 Å². The summed E-state index contributed by atoms with van der Waals surface area (Å²) in [4.78, 5) is 20.0. The van der Waals surface area contributed by atoms with Gasteiger partial charge in [0, 0.05) is 30.9 Å². The van der Waals surface area contributed by atoms with Crippen LogP contribution in [-0.4, -0.2) is 48.3 Å². The Labute approximate surface area is 189 Å². The van der Waals surface area contributed by atoms with Gasteiger partial charge in [-0.25, -0.2) is 8.42 Å². The summed E-state index contributed by atoms with van der Waals surface area (Å²) in [6, 6.07) is 6.98. The maximum Gasteiger partial charge on any atom is 0.321 e. The standard InChI is InChI=1S/C19H21ClN6O5S/c1-12-15(20)11-26(24-12)9-8-17(27)21-13-4-6-14(7-5-13)32(28,29)25-16-10-18(30-2)23-19(22-16)31-3/h4-7,10-11H,8-9H2,1-3H3,(H,21,27)(H,22,23,25). The molecule has 0 saturated heterocycles. The van der Waals surface area contributed by atoms with E-state index in [0.717, 1.165) is 0 Å². The number of sulfonamides is 1. The molecule has 0 aliphatic carbocycles. The van der Waals surface area contributed by atoms with E-state index in [2.05, 4.69) is 25.1 Å². The summed E-state index contributed by atoms with van der Waals surface area (Å²) in [5.74, 6) is -0.122. The zero-order valence-corrected chi connectivity index (χ0v) is 19.1. The molecule has 170 valence electrons. The first kappa shape index (κ1) is 23.3. The summed E-state index contributed by atoms with van der Waals surface area (Å²) in [6.07, 6.45) is 1.83. The molecule has 0 saturated carbocycles. The van der Waals surface area contributed by atoms with Crippen molar-refractivity contribution < 1.29 is 22.7 Å². The highest BCUT2D eigenvalue weighted by molar-refractivity contribution is 7.92. The van der Waals surface area contributed by atoms with E-state index in [1.807, 2.05) is 0 Å². The number of hydrogen-bond donors (Lipinski definition) is 2. The number of hydrogen-bond acceptors (Lipinski definition) is 8. The number of benzene rings is 1.